The lowest BCUT2D eigenvalue weighted by molar-refractivity contribution is -0.332. The van der Waals surface area contributed by atoms with Crippen molar-refractivity contribution in [3.05, 3.63) is 60.8 Å². The van der Waals surface area contributed by atoms with Gasteiger partial charge in [0.15, 0.2) is 18.7 Å². The van der Waals surface area contributed by atoms with Gasteiger partial charge in [0.2, 0.25) is 0 Å². The lowest BCUT2D eigenvalue weighted by atomic mass is 9.98. The lowest BCUT2D eigenvalue weighted by Crippen LogP contribution is -2.61. The molecule has 2 heterocycles. The first-order valence-electron chi connectivity index (χ1n) is 27.4. The summed E-state index contributed by atoms with van der Waals surface area (Å²) >= 11 is 0. The second-order valence-electron chi connectivity index (χ2n) is 19.1. The summed E-state index contributed by atoms with van der Waals surface area (Å²) in [6, 6.07) is 0. The molecule has 15 nitrogen and oxygen atoms in total. The molecule has 0 aliphatic carbocycles. The monoisotopic (exact) mass is 1010 g/mol. The van der Waals surface area contributed by atoms with Crippen molar-refractivity contribution in [2.24, 2.45) is 0 Å². The molecule has 2 aliphatic rings. The highest BCUT2D eigenvalue weighted by Gasteiger charge is 2.47. The van der Waals surface area contributed by atoms with Gasteiger partial charge >= 0.3 is 11.9 Å². The van der Waals surface area contributed by atoms with E-state index in [1.165, 1.54) is 96.3 Å². The Morgan fingerprint density at radius 3 is 1.38 bits per heavy atom. The molecule has 2 fully saturated rings. The van der Waals surface area contributed by atoms with Crippen LogP contribution in [0, 0.1) is 0 Å². The van der Waals surface area contributed by atoms with Crippen molar-refractivity contribution in [1.82, 2.24) is 0 Å². The summed E-state index contributed by atoms with van der Waals surface area (Å²) in [5.74, 6) is -1.02. The van der Waals surface area contributed by atoms with Gasteiger partial charge in [0.25, 0.3) is 0 Å². The number of carbonyl (C=O) groups is 2. The van der Waals surface area contributed by atoms with E-state index < -0.39 is 99.3 Å². The van der Waals surface area contributed by atoms with Crippen molar-refractivity contribution in [3.8, 4) is 0 Å². The highest BCUT2D eigenvalue weighted by molar-refractivity contribution is 5.70. The minimum absolute atomic E-state index is 0.0413. The summed E-state index contributed by atoms with van der Waals surface area (Å²) in [7, 11) is 0. The molecule has 0 saturated carbocycles. The summed E-state index contributed by atoms with van der Waals surface area (Å²) in [5, 5.41) is 72.2. The van der Waals surface area contributed by atoms with Gasteiger partial charge in [-0.1, -0.05) is 184 Å². The van der Waals surface area contributed by atoms with Gasteiger partial charge in [-0.3, -0.25) is 9.59 Å². The minimum Gasteiger partial charge on any atom is -0.462 e. The zero-order chi connectivity index (χ0) is 51.7. The van der Waals surface area contributed by atoms with Crippen LogP contribution in [-0.2, 0) is 38.0 Å². The maximum atomic E-state index is 13.0. The Balaban J connectivity index is 1.82. The van der Waals surface area contributed by atoms with Crippen LogP contribution in [-0.4, -0.2) is 142 Å². The van der Waals surface area contributed by atoms with E-state index >= 15 is 0 Å². The van der Waals surface area contributed by atoms with Gasteiger partial charge in [-0.15, -0.1) is 0 Å². The van der Waals surface area contributed by atoms with E-state index in [1.54, 1.807) is 0 Å². The Kier molecular flexibility index (Phi) is 38.5. The average molecular weight is 1010 g/mol. The zero-order valence-electron chi connectivity index (χ0n) is 43.4. The van der Waals surface area contributed by atoms with Crippen LogP contribution in [0.25, 0.3) is 0 Å². The largest absolute Gasteiger partial charge is 0.462 e. The predicted octanol–water partition coefficient (Wildman–Crippen LogP) is 8.44. The van der Waals surface area contributed by atoms with Crippen LogP contribution in [0.1, 0.15) is 187 Å². The topological polar surface area (TPSA) is 231 Å². The third kappa shape index (κ3) is 30.2. The molecule has 2 rings (SSSR count). The molecular weight excluding hydrogens is 913 g/mol. The fourth-order valence-electron chi connectivity index (χ4n) is 8.26. The third-order valence-electron chi connectivity index (χ3n) is 12.8. The van der Waals surface area contributed by atoms with E-state index in [0.717, 1.165) is 44.9 Å². The summed E-state index contributed by atoms with van der Waals surface area (Å²) < 4.78 is 33.5. The second kappa shape index (κ2) is 42.5. The molecule has 7 N–H and O–H groups in total. The van der Waals surface area contributed by atoms with Crippen molar-refractivity contribution in [2.75, 3.05) is 26.4 Å². The number of aliphatic hydroxyl groups is 7. The first-order valence-corrected chi connectivity index (χ1v) is 27.4. The number of unbranched alkanes of at least 4 members (excludes halogenated alkanes) is 18. The van der Waals surface area contributed by atoms with E-state index in [1.807, 2.05) is 12.2 Å². The predicted molar refractivity (Wildman–Crippen MR) is 275 cm³/mol. The molecule has 0 spiro atoms. The third-order valence-corrected chi connectivity index (χ3v) is 12.8. The molecule has 0 aromatic heterocycles. The standard InChI is InChI=1S/C56H96O15/c1-3-5-7-9-11-13-15-17-19-21-22-23-25-27-29-31-33-35-37-39-48(59)69-44(41-66-47(58)38-36-34-32-30-28-26-24-20-18-16-14-12-10-8-6-4-2)42-67-55-54(65)52(63)50(61)46(71-55)43-68-56-53(64)51(62)49(60)45(40-57)70-56/h11,13,17,19,22-23,27,29,33,35,44-46,49-57,60-65H,3-10,12,14-16,18,20-21,24-26,28,30-32,34,36-43H2,1-2H3/b13-11+,19-17+,23-22+,29-27+,35-33+/t44-,45+,46+,49-,50-,51?,52?,53?,54?,55+,56+/m1/s1. The van der Waals surface area contributed by atoms with E-state index in [4.69, 9.17) is 28.4 Å². The summed E-state index contributed by atoms with van der Waals surface area (Å²) in [4.78, 5) is 25.8. The molecule has 2 saturated heterocycles. The maximum Gasteiger partial charge on any atom is 0.306 e. The van der Waals surface area contributed by atoms with Crippen LogP contribution in [0.2, 0.25) is 0 Å². The van der Waals surface area contributed by atoms with Crippen LogP contribution in [0.15, 0.2) is 60.8 Å². The van der Waals surface area contributed by atoms with Crippen molar-refractivity contribution in [3.63, 3.8) is 0 Å². The molecule has 15 heteroatoms. The molecule has 0 aromatic rings. The Morgan fingerprint density at radius 1 is 0.451 bits per heavy atom. The highest BCUT2D eigenvalue weighted by atomic mass is 16.7. The molecular formula is C56H96O15. The summed E-state index contributed by atoms with van der Waals surface area (Å²) in [6.07, 6.45) is 32.5. The van der Waals surface area contributed by atoms with E-state index in [9.17, 15) is 45.3 Å². The molecule has 0 bridgehead atoms. The fourth-order valence-corrected chi connectivity index (χ4v) is 8.26. The molecule has 0 amide bonds. The molecule has 410 valence electrons. The Hall–Kier alpha value is -2.80. The van der Waals surface area contributed by atoms with E-state index in [0.29, 0.717) is 19.3 Å². The minimum atomic E-state index is -1.78. The number of allylic oxidation sites excluding steroid dienone is 10. The average Bonchev–Trinajstić information content (AvgIpc) is 3.36. The molecule has 2 aliphatic heterocycles. The number of aliphatic hydroxyl groups excluding tert-OH is 7. The molecule has 0 radical (unpaired) electrons. The number of esters is 2. The van der Waals surface area contributed by atoms with Gasteiger partial charge in [-0.25, -0.2) is 0 Å². The van der Waals surface area contributed by atoms with Crippen LogP contribution in [0.3, 0.4) is 0 Å². The van der Waals surface area contributed by atoms with Crippen molar-refractivity contribution >= 4 is 11.9 Å². The lowest BCUT2D eigenvalue weighted by Gasteiger charge is -2.42. The summed E-state index contributed by atoms with van der Waals surface area (Å²) in [5.41, 5.74) is 0. The summed E-state index contributed by atoms with van der Waals surface area (Å²) in [6.45, 7) is 2.50. The fraction of sp³-hybridized carbons (Fsp3) is 0.786. The second-order valence-corrected chi connectivity index (χ2v) is 19.1. The van der Waals surface area contributed by atoms with E-state index in [2.05, 4.69) is 62.5 Å². The van der Waals surface area contributed by atoms with Gasteiger partial charge in [0.05, 0.1) is 19.8 Å². The first-order chi connectivity index (χ1) is 34.5. The smallest absolute Gasteiger partial charge is 0.306 e. The number of rotatable bonds is 42. The van der Waals surface area contributed by atoms with Crippen molar-refractivity contribution in [1.29, 1.82) is 0 Å². The van der Waals surface area contributed by atoms with Crippen LogP contribution >= 0.6 is 0 Å². The molecule has 11 atom stereocenters. The molecule has 4 unspecified atom stereocenters. The van der Waals surface area contributed by atoms with Gasteiger partial charge < -0.3 is 64.2 Å². The Labute approximate surface area is 426 Å². The Morgan fingerprint density at radius 2 is 0.873 bits per heavy atom. The van der Waals surface area contributed by atoms with Gasteiger partial charge in [0, 0.05) is 12.8 Å². The van der Waals surface area contributed by atoms with Crippen molar-refractivity contribution in [2.45, 2.75) is 255 Å². The van der Waals surface area contributed by atoms with Crippen LogP contribution < -0.4 is 0 Å². The number of carbonyl (C=O) groups excluding carboxylic acids is 2. The van der Waals surface area contributed by atoms with Crippen LogP contribution in [0.5, 0.6) is 0 Å². The van der Waals surface area contributed by atoms with Gasteiger partial charge in [-0.05, 0) is 51.4 Å². The number of ether oxygens (including phenoxy) is 6. The van der Waals surface area contributed by atoms with E-state index in [-0.39, 0.29) is 19.4 Å². The van der Waals surface area contributed by atoms with Crippen molar-refractivity contribution < 1.29 is 73.8 Å². The normalized spacial score (nSPS) is 25.6. The van der Waals surface area contributed by atoms with Gasteiger partial charge in [-0.2, -0.15) is 0 Å². The maximum absolute atomic E-state index is 13.0. The zero-order valence-corrected chi connectivity index (χ0v) is 43.4. The van der Waals surface area contributed by atoms with Crippen LogP contribution in [0.4, 0.5) is 0 Å². The number of hydrogen-bond acceptors (Lipinski definition) is 15. The highest BCUT2D eigenvalue weighted by Crippen LogP contribution is 2.26. The quantitative estimate of drug-likeness (QED) is 0.0173. The Bertz CT molecular complexity index is 1470. The first kappa shape index (κ1) is 64.3. The molecule has 71 heavy (non-hydrogen) atoms. The number of hydrogen-bond donors (Lipinski definition) is 7. The molecule has 0 aromatic carbocycles. The van der Waals surface area contributed by atoms with Gasteiger partial charge in [0.1, 0.15) is 55.4 Å². The SMILES string of the molecule is CCCCC/C=C/C/C=C/C/C=C/C/C=C/C/C=C/CCC(=O)O[C@H](COC(=O)CCCCCCCCCCCCCCCCCC)CO[C@H]1O[C@@H](CO[C@H]2O[C@@H](CO)[C@@H](O)C(O)C2O)[C@@H](O)C(O)C1O.